The number of fused-ring (bicyclic) bond motifs is 6. The van der Waals surface area contributed by atoms with E-state index in [1.54, 1.807) is 0 Å². The van der Waals surface area contributed by atoms with Crippen LogP contribution < -0.4 is 0 Å². The van der Waals surface area contributed by atoms with Gasteiger partial charge < -0.3 is 19.0 Å². The Hall–Kier alpha value is -7.76. The van der Waals surface area contributed by atoms with Gasteiger partial charge in [0.05, 0.1) is 22.4 Å². The number of imidazole rings is 1. The van der Waals surface area contributed by atoms with Gasteiger partial charge in [-0.15, -0.1) is 89.5 Å². The number of hydrogen-bond donors (Lipinski definition) is 0. The number of para-hydroxylation sites is 3. The SMILES string of the molecule is [Ir+3].[c-]1ccc2c(oc3c4ccccc4ccc23)c1-c1nc2ccccc2n1-c1ccccc1.[c-]1ccccc1-c1ccc(CCc2ccccc2Cc2ccc[c-]c2-c2ccccn2)cn1. The Balaban J connectivity index is 0.000000153. The third-order valence-corrected chi connectivity index (χ3v) is 12.0. The number of aromatic nitrogens is 4. The molecule has 4 aromatic heterocycles. The van der Waals surface area contributed by atoms with Crippen molar-refractivity contribution in [1.82, 2.24) is 19.5 Å². The maximum Gasteiger partial charge on any atom is 3.00 e. The Labute approximate surface area is 397 Å². The van der Waals surface area contributed by atoms with E-state index < -0.39 is 0 Å². The number of pyridine rings is 2. The minimum atomic E-state index is 0. The molecule has 66 heavy (non-hydrogen) atoms. The van der Waals surface area contributed by atoms with E-state index in [0.717, 1.165) is 97.2 Å². The molecule has 0 atom stereocenters. The topological polar surface area (TPSA) is 56.7 Å². The number of benzene rings is 8. The molecule has 0 amide bonds. The van der Waals surface area contributed by atoms with Gasteiger partial charge in [0.15, 0.2) is 0 Å². The van der Waals surface area contributed by atoms with Gasteiger partial charge >= 0.3 is 20.1 Å². The summed E-state index contributed by atoms with van der Waals surface area (Å²) in [6.07, 6.45) is 6.62. The molecule has 0 unspecified atom stereocenters. The minimum absolute atomic E-state index is 0. The molecule has 0 saturated heterocycles. The van der Waals surface area contributed by atoms with Crippen molar-refractivity contribution in [3.05, 3.63) is 253 Å². The molecule has 0 spiro atoms. The summed E-state index contributed by atoms with van der Waals surface area (Å²) in [6, 6.07) is 78.4. The van der Waals surface area contributed by atoms with Gasteiger partial charge in [-0.3, -0.25) is 4.98 Å². The van der Waals surface area contributed by atoms with Gasteiger partial charge in [-0.2, -0.15) is 0 Å². The van der Waals surface area contributed by atoms with Crippen LogP contribution >= 0.6 is 0 Å². The van der Waals surface area contributed by atoms with E-state index in [4.69, 9.17) is 9.40 Å². The quantitative estimate of drug-likeness (QED) is 0.135. The zero-order valence-electron chi connectivity index (χ0n) is 35.9. The average molecular weight is 1030 g/mol. The predicted molar refractivity (Wildman–Crippen MR) is 264 cm³/mol. The number of furan rings is 1. The van der Waals surface area contributed by atoms with Gasteiger partial charge in [0.2, 0.25) is 0 Å². The number of nitrogens with zero attached hydrogens (tertiary/aromatic N) is 4. The number of rotatable bonds is 9. The first-order valence-electron chi connectivity index (χ1n) is 21.9. The van der Waals surface area contributed by atoms with Crippen LogP contribution in [-0.2, 0) is 39.4 Å². The molecule has 0 aliphatic heterocycles. The standard InChI is InChI=1S/C31H24N2.C29H17N2O.Ir/c1-2-11-26(12-3-1)30-20-18-24(23-33-30)17-19-25-10-4-5-13-27(25)22-28-14-6-7-15-29(28)31-16-8-9-21-32-31;1-2-10-20(11-3-1)31-26-16-7-6-15-25(26)30-29(31)24-14-8-13-22-23-18-17-19-9-4-5-12-21(19)27(23)32-28(22)24;/h1-11,13-14,16,18,20-21,23H,17,19,22H2;1-13,15-18H;/q-2;-1;+3. The van der Waals surface area contributed by atoms with Crippen molar-refractivity contribution in [3.8, 4) is 39.6 Å². The van der Waals surface area contributed by atoms with E-state index in [2.05, 4.69) is 142 Å². The van der Waals surface area contributed by atoms with E-state index >= 15 is 0 Å². The minimum Gasteiger partial charge on any atom is -0.500 e. The van der Waals surface area contributed by atoms with Crippen molar-refractivity contribution in [1.29, 1.82) is 0 Å². The van der Waals surface area contributed by atoms with E-state index in [0.29, 0.717) is 0 Å². The van der Waals surface area contributed by atoms with Crippen molar-refractivity contribution >= 4 is 43.7 Å². The van der Waals surface area contributed by atoms with Crippen molar-refractivity contribution in [2.75, 3.05) is 0 Å². The summed E-state index contributed by atoms with van der Waals surface area (Å²) in [5.74, 6) is 0.825. The predicted octanol–water partition coefficient (Wildman–Crippen LogP) is 14.3. The largest absolute Gasteiger partial charge is 3.00 e. The Morgan fingerprint density at radius 2 is 1.24 bits per heavy atom. The van der Waals surface area contributed by atoms with Crippen LogP contribution in [-0.4, -0.2) is 19.5 Å². The van der Waals surface area contributed by atoms with Crippen molar-refractivity contribution in [2.45, 2.75) is 19.3 Å². The van der Waals surface area contributed by atoms with Gasteiger partial charge in [-0.1, -0.05) is 126 Å². The third kappa shape index (κ3) is 8.48. The summed E-state index contributed by atoms with van der Waals surface area (Å²) in [6.45, 7) is 0. The zero-order chi connectivity index (χ0) is 43.4. The Morgan fingerprint density at radius 1 is 0.485 bits per heavy atom. The van der Waals surface area contributed by atoms with Gasteiger partial charge in [0.1, 0.15) is 5.58 Å². The molecule has 0 radical (unpaired) electrons. The molecule has 0 fully saturated rings. The molecule has 0 N–H and O–H groups in total. The molecule has 0 bridgehead atoms. The van der Waals surface area contributed by atoms with Crippen LogP contribution in [0, 0.1) is 18.2 Å². The first kappa shape index (κ1) is 42.2. The van der Waals surface area contributed by atoms with E-state index in [-0.39, 0.29) is 20.1 Å². The molecule has 4 heterocycles. The van der Waals surface area contributed by atoms with Crippen LogP contribution in [0.3, 0.4) is 0 Å². The fourth-order valence-electron chi connectivity index (χ4n) is 8.78. The Kier molecular flexibility index (Phi) is 12.2. The Morgan fingerprint density at radius 3 is 2.09 bits per heavy atom. The number of hydrogen-bond acceptors (Lipinski definition) is 4. The summed E-state index contributed by atoms with van der Waals surface area (Å²) in [7, 11) is 0. The molecule has 316 valence electrons. The summed E-state index contributed by atoms with van der Waals surface area (Å²) >= 11 is 0. The average Bonchev–Trinajstić information content (AvgIpc) is 3.97. The van der Waals surface area contributed by atoms with Gasteiger partial charge in [-0.25, -0.2) is 0 Å². The summed E-state index contributed by atoms with van der Waals surface area (Å²) < 4.78 is 8.74. The number of aryl methyl sites for hydroxylation is 2. The summed E-state index contributed by atoms with van der Waals surface area (Å²) in [5, 5.41) is 4.47. The van der Waals surface area contributed by atoms with Crippen LogP contribution in [0.5, 0.6) is 0 Å². The second-order valence-corrected chi connectivity index (χ2v) is 16.0. The summed E-state index contributed by atoms with van der Waals surface area (Å²) in [4.78, 5) is 14.2. The van der Waals surface area contributed by atoms with E-state index in [1.165, 1.54) is 27.6 Å². The molecule has 6 heteroatoms. The molecule has 0 aliphatic carbocycles. The first-order chi connectivity index (χ1) is 32.2. The molecular formula is C60H41IrN4O. The fourth-order valence-corrected chi connectivity index (χ4v) is 8.78. The molecule has 8 aromatic carbocycles. The van der Waals surface area contributed by atoms with E-state index in [1.807, 2.05) is 103 Å². The first-order valence-corrected chi connectivity index (χ1v) is 21.9. The van der Waals surface area contributed by atoms with E-state index in [9.17, 15) is 0 Å². The van der Waals surface area contributed by atoms with Crippen LogP contribution in [0.2, 0.25) is 0 Å². The monoisotopic (exact) mass is 1030 g/mol. The fraction of sp³-hybridized carbons (Fsp3) is 0.0500. The second kappa shape index (κ2) is 19.1. The molecular weight excluding hydrogens is 985 g/mol. The summed E-state index contributed by atoms with van der Waals surface area (Å²) in [5.41, 5.74) is 14.9. The van der Waals surface area contributed by atoms with Crippen LogP contribution in [0.15, 0.2) is 217 Å². The van der Waals surface area contributed by atoms with Crippen molar-refractivity contribution in [2.24, 2.45) is 0 Å². The van der Waals surface area contributed by atoms with Crippen molar-refractivity contribution in [3.63, 3.8) is 0 Å². The normalized spacial score (nSPS) is 11.1. The van der Waals surface area contributed by atoms with Crippen LogP contribution in [0.25, 0.3) is 83.3 Å². The second-order valence-electron chi connectivity index (χ2n) is 16.0. The third-order valence-electron chi connectivity index (χ3n) is 12.0. The molecule has 12 rings (SSSR count). The van der Waals surface area contributed by atoms with Crippen molar-refractivity contribution < 1.29 is 24.5 Å². The Bertz CT molecular complexity index is 3570. The molecule has 5 nitrogen and oxygen atoms in total. The van der Waals surface area contributed by atoms with Crippen LogP contribution in [0.1, 0.15) is 22.3 Å². The molecule has 12 aromatic rings. The van der Waals surface area contributed by atoms with Gasteiger partial charge in [0, 0.05) is 28.9 Å². The molecule has 0 saturated carbocycles. The smallest absolute Gasteiger partial charge is 0.500 e. The maximum absolute atomic E-state index is 6.55. The van der Waals surface area contributed by atoms with Gasteiger partial charge in [0.25, 0.3) is 0 Å². The van der Waals surface area contributed by atoms with Crippen LogP contribution in [0.4, 0.5) is 0 Å². The maximum atomic E-state index is 6.55. The zero-order valence-corrected chi connectivity index (χ0v) is 38.3. The van der Waals surface area contributed by atoms with Gasteiger partial charge in [-0.05, 0) is 83.1 Å². The molecule has 0 aliphatic rings.